The standard InChI is InChI=1S/C23H29NO4/c1-5-23(6-2)15-18(17-9-7-8-10-19(17)28-23)24-22(25)14-16-11-12-20(26-3)21(13-16)27-4/h7-13,18H,5-6,14-15H2,1-4H3,(H,24,25). The lowest BCUT2D eigenvalue weighted by atomic mass is 9.83. The summed E-state index contributed by atoms with van der Waals surface area (Å²) in [6.07, 6.45) is 2.86. The van der Waals surface area contributed by atoms with E-state index in [4.69, 9.17) is 14.2 Å². The van der Waals surface area contributed by atoms with Gasteiger partial charge in [-0.25, -0.2) is 0 Å². The first kappa shape index (κ1) is 20.1. The van der Waals surface area contributed by atoms with Gasteiger partial charge in [-0.1, -0.05) is 38.1 Å². The Morgan fingerprint density at radius 2 is 1.82 bits per heavy atom. The van der Waals surface area contributed by atoms with E-state index in [0.29, 0.717) is 11.5 Å². The van der Waals surface area contributed by atoms with E-state index in [0.717, 1.165) is 36.1 Å². The third-order valence-electron chi connectivity index (χ3n) is 5.63. The number of carbonyl (C=O) groups excluding carboxylic acids is 1. The predicted molar refractivity (Wildman–Crippen MR) is 109 cm³/mol. The van der Waals surface area contributed by atoms with Crippen LogP contribution in [0.4, 0.5) is 0 Å². The summed E-state index contributed by atoms with van der Waals surface area (Å²) in [5.74, 6) is 2.13. The summed E-state index contributed by atoms with van der Waals surface area (Å²) in [6, 6.07) is 13.5. The quantitative estimate of drug-likeness (QED) is 0.768. The van der Waals surface area contributed by atoms with Crippen molar-refractivity contribution in [2.45, 2.75) is 51.2 Å². The van der Waals surface area contributed by atoms with Gasteiger partial charge in [0.1, 0.15) is 11.4 Å². The molecule has 2 aromatic carbocycles. The SMILES string of the molecule is CCC1(CC)CC(NC(=O)Cc2ccc(OC)c(OC)c2)c2ccccc2O1. The minimum atomic E-state index is -0.240. The molecule has 1 N–H and O–H groups in total. The average molecular weight is 383 g/mol. The van der Waals surface area contributed by atoms with Gasteiger partial charge in [-0.15, -0.1) is 0 Å². The molecule has 1 atom stereocenters. The zero-order chi connectivity index (χ0) is 20.1. The van der Waals surface area contributed by atoms with Crippen molar-refractivity contribution >= 4 is 5.91 Å². The molecule has 28 heavy (non-hydrogen) atoms. The summed E-state index contributed by atoms with van der Waals surface area (Å²) < 4.78 is 16.9. The van der Waals surface area contributed by atoms with Crippen LogP contribution < -0.4 is 19.5 Å². The molecule has 0 spiro atoms. The van der Waals surface area contributed by atoms with E-state index in [-0.39, 0.29) is 24.0 Å². The minimum Gasteiger partial charge on any atom is -0.493 e. The lowest BCUT2D eigenvalue weighted by molar-refractivity contribution is -0.121. The van der Waals surface area contributed by atoms with E-state index < -0.39 is 0 Å². The summed E-state index contributed by atoms with van der Waals surface area (Å²) in [7, 11) is 3.19. The van der Waals surface area contributed by atoms with E-state index in [1.807, 2.05) is 42.5 Å². The fourth-order valence-electron chi connectivity index (χ4n) is 3.85. The highest BCUT2D eigenvalue weighted by Crippen LogP contribution is 2.42. The third-order valence-corrected chi connectivity index (χ3v) is 5.63. The number of rotatable bonds is 7. The molecular weight excluding hydrogens is 354 g/mol. The van der Waals surface area contributed by atoms with Gasteiger partial charge in [0, 0.05) is 12.0 Å². The van der Waals surface area contributed by atoms with Crippen LogP contribution in [0.15, 0.2) is 42.5 Å². The van der Waals surface area contributed by atoms with Crippen molar-refractivity contribution in [1.82, 2.24) is 5.32 Å². The summed E-state index contributed by atoms with van der Waals surface area (Å²) in [5.41, 5.74) is 1.68. The highest BCUT2D eigenvalue weighted by atomic mass is 16.5. The average Bonchev–Trinajstić information content (AvgIpc) is 2.73. The molecule has 1 amide bonds. The molecule has 0 saturated carbocycles. The first-order valence-electron chi connectivity index (χ1n) is 9.82. The van der Waals surface area contributed by atoms with Gasteiger partial charge in [0.05, 0.1) is 26.7 Å². The molecule has 0 fully saturated rings. The van der Waals surface area contributed by atoms with Crippen LogP contribution >= 0.6 is 0 Å². The maximum atomic E-state index is 12.8. The fourth-order valence-corrected chi connectivity index (χ4v) is 3.85. The first-order valence-corrected chi connectivity index (χ1v) is 9.82. The molecule has 0 bridgehead atoms. The number of amides is 1. The Morgan fingerprint density at radius 1 is 1.11 bits per heavy atom. The molecule has 0 aliphatic carbocycles. The largest absolute Gasteiger partial charge is 0.493 e. The second-order valence-electron chi connectivity index (χ2n) is 7.22. The highest BCUT2D eigenvalue weighted by Gasteiger charge is 2.38. The Balaban J connectivity index is 1.77. The number of benzene rings is 2. The molecule has 3 rings (SSSR count). The van der Waals surface area contributed by atoms with Crippen LogP contribution in [-0.4, -0.2) is 25.7 Å². The third kappa shape index (κ3) is 4.08. The van der Waals surface area contributed by atoms with Crippen molar-refractivity contribution in [3.8, 4) is 17.2 Å². The Bertz CT molecular complexity index is 829. The second-order valence-corrected chi connectivity index (χ2v) is 7.22. The van der Waals surface area contributed by atoms with Crippen LogP contribution in [0, 0.1) is 0 Å². The van der Waals surface area contributed by atoms with Gasteiger partial charge in [-0.3, -0.25) is 4.79 Å². The molecule has 1 aliphatic rings. The van der Waals surface area contributed by atoms with Crippen molar-refractivity contribution in [1.29, 1.82) is 0 Å². The summed E-state index contributed by atoms with van der Waals surface area (Å²) in [4.78, 5) is 12.8. The molecule has 2 aromatic rings. The molecule has 150 valence electrons. The summed E-state index contributed by atoms with van der Waals surface area (Å²) >= 11 is 0. The van der Waals surface area contributed by atoms with E-state index in [9.17, 15) is 4.79 Å². The van der Waals surface area contributed by atoms with E-state index >= 15 is 0 Å². The molecule has 1 aliphatic heterocycles. The summed E-state index contributed by atoms with van der Waals surface area (Å²) in [6.45, 7) is 4.28. The van der Waals surface area contributed by atoms with Crippen molar-refractivity contribution in [3.63, 3.8) is 0 Å². The number of nitrogens with one attached hydrogen (secondary N) is 1. The minimum absolute atomic E-state index is 0.0185. The number of methoxy groups -OCH3 is 2. The molecule has 5 nitrogen and oxygen atoms in total. The fraction of sp³-hybridized carbons (Fsp3) is 0.435. The topological polar surface area (TPSA) is 56.8 Å². The van der Waals surface area contributed by atoms with Crippen LogP contribution in [0.3, 0.4) is 0 Å². The van der Waals surface area contributed by atoms with E-state index in [1.54, 1.807) is 14.2 Å². The number of hydrogen-bond donors (Lipinski definition) is 1. The van der Waals surface area contributed by atoms with Crippen molar-refractivity contribution in [2.24, 2.45) is 0 Å². The van der Waals surface area contributed by atoms with Gasteiger partial charge < -0.3 is 19.5 Å². The Morgan fingerprint density at radius 3 is 2.50 bits per heavy atom. The maximum absolute atomic E-state index is 12.8. The number of fused-ring (bicyclic) bond motifs is 1. The molecule has 0 radical (unpaired) electrons. The first-order chi connectivity index (χ1) is 13.5. The monoisotopic (exact) mass is 383 g/mol. The normalized spacial score (nSPS) is 17.2. The smallest absolute Gasteiger partial charge is 0.224 e. The molecule has 0 saturated heterocycles. The van der Waals surface area contributed by atoms with E-state index in [1.165, 1.54) is 0 Å². The van der Waals surface area contributed by atoms with Crippen LogP contribution in [0.5, 0.6) is 17.2 Å². The van der Waals surface area contributed by atoms with Gasteiger partial charge >= 0.3 is 0 Å². The maximum Gasteiger partial charge on any atom is 0.224 e. The Kier molecular flexibility index (Phi) is 6.12. The lowest BCUT2D eigenvalue weighted by Crippen LogP contribution is -2.44. The lowest BCUT2D eigenvalue weighted by Gasteiger charge is -2.41. The zero-order valence-corrected chi connectivity index (χ0v) is 17.1. The molecular formula is C23H29NO4. The molecule has 1 unspecified atom stereocenters. The van der Waals surface area contributed by atoms with Crippen LogP contribution in [0.2, 0.25) is 0 Å². The molecule has 5 heteroatoms. The van der Waals surface area contributed by atoms with Gasteiger partial charge in [-0.2, -0.15) is 0 Å². The van der Waals surface area contributed by atoms with Gasteiger partial charge in [0.2, 0.25) is 5.91 Å². The Labute approximate surface area is 167 Å². The van der Waals surface area contributed by atoms with Crippen molar-refractivity contribution < 1.29 is 19.0 Å². The number of para-hydroxylation sites is 1. The van der Waals surface area contributed by atoms with Crippen LogP contribution in [0.25, 0.3) is 0 Å². The van der Waals surface area contributed by atoms with Crippen LogP contribution in [-0.2, 0) is 11.2 Å². The van der Waals surface area contributed by atoms with Crippen molar-refractivity contribution in [3.05, 3.63) is 53.6 Å². The van der Waals surface area contributed by atoms with Crippen molar-refractivity contribution in [2.75, 3.05) is 14.2 Å². The molecule has 1 heterocycles. The zero-order valence-electron chi connectivity index (χ0n) is 17.1. The number of ether oxygens (including phenoxy) is 3. The van der Waals surface area contributed by atoms with Gasteiger partial charge in [0.25, 0.3) is 0 Å². The number of hydrogen-bond acceptors (Lipinski definition) is 4. The Hall–Kier alpha value is -2.69. The predicted octanol–water partition coefficient (Wildman–Crippen LogP) is 4.45. The summed E-state index contributed by atoms with van der Waals surface area (Å²) in [5, 5.41) is 3.22. The highest BCUT2D eigenvalue weighted by molar-refractivity contribution is 5.79. The van der Waals surface area contributed by atoms with Gasteiger partial charge in [-0.05, 0) is 36.6 Å². The van der Waals surface area contributed by atoms with Gasteiger partial charge in [0.15, 0.2) is 11.5 Å². The van der Waals surface area contributed by atoms with E-state index in [2.05, 4.69) is 19.2 Å². The second kappa shape index (κ2) is 8.55. The number of carbonyl (C=O) groups is 1. The molecule has 0 aromatic heterocycles. The van der Waals surface area contributed by atoms with Crippen LogP contribution in [0.1, 0.15) is 50.3 Å².